The summed E-state index contributed by atoms with van der Waals surface area (Å²) in [7, 11) is 0. The highest BCUT2D eigenvalue weighted by atomic mass is 16.5. The van der Waals surface area contributed by atoms with Crippen LogP contribution in [0.15, 0.2) is 42.9 Å². The van der Waals surface area contributed by atoms with Crippen molar-refractivity contribution >= 4 is 22.4 Å². The van der Waals surface area contributed by atoms with E-state index < -0.39 is 17.7 Å². The lowest BCUT2D eigenvalue weighted by molar-refractivity contribution is -0.160. The number of piperidine rings is 1. The predicted octanol–water partition coefficient (Wildman–Crippen LogP) is 6.17. The van der Waals surface area contributed by atoms with Gasteiger partial charge in [0.15, 0.2) is 6.10 Å². The van der Waals surface area contributed by atoms with Crippen LogP contribution in [0, 0.1) is 12.3 Å². The lowest BCUT2D eigenvalue weighted by Gasteiger charge is -2.41. The summed E-state index contributed by atoms with van der Waals surface area (Å²) < 4.78 is 6.12. The molecule has 1 fully saturated rings. The van der Waals surface area contributed by atoms with Crippen LogP contribution in [0.2, 0.25) is 0 Å². The third kappa shape index (κ3) is 5.07. The molecule has 0 bridgehead atoms. The van der Waals surface area contributed by atoms with Crippen LogP contribution in [0.4, 0.5) is 5.69 Å². The zero-order valence-corrected chi connectivity index (χ0v) is 21.1. The summed E-state index contributed by atoms with van der Waals surface area (Å²) in [6, 6.07) is 8.25. The van der Waals surface area contributed by atoms with Gasteiger partial charge < -0.3 is 14.7 Å². The number of aliphatic carboxylic acids is 1. The lowest BCUT2D eigenvalue weighted by atomic mass is 9.82. The third-order valence-electron chi connectivity index (χ3n) is 6.63. The van der Waals surface area contributed by atoms with E-state index in [0.717, 1.165) is 53.5 Å². The molecule has 0 aliphatic carbocycles. The quantitative estimate of drug-likeness (QED) is 0.489. The molecule has 6 nitrogen and oxygen atoms in total. The summed E-state index contributed by atoms with van der Waals surface area (Å²) in [5, 5.41) is 12.4. The van der Waals surface area contributed by atoms with Crippen molar-refractivity contribution in [3.05, 3.63) is 54.1 Å². The average molecular weight is 462 g/mol. The third-order valence-corrected chi connectivity index (χ3v) is 6.63. The highest BCUT2D eigenvalue weighted by molar-refractivity contribution is 5.91. The first kappa shape index (κ1) is 24.1. The zero-order valence-electron chi connectivity index (χ0n) is 21.1. The number of benzene rings is 1. The number of pyridine rings is 2. The second-order valence-electron chi connectivity index (χ2n) is 11.1. The van der Waals surface area contributed by atoms with Crippen molar-refractivity contribution in [1.82, 2.24) is 9.97 Å². The molecular weight excluding hydrogens is 426 g/mol. The van der Waals surface area contributed by atoms with Gasteiger partial charge in [-0.1, -0.05) is 26.0 Å². The number of nitrogens with zero attached hydrogens (tertiary/aromatic N) is 3. The Morgan fingerprint density at radius 3 is 2.47 bits per heavy atom. The number of carboxylic acids is 1. The maximum absolute atomic E-state index is 12.5. The minimum absolute atomic E-state index is 0.266. The van der Waals surface area contributed by atoms with E-state index in [1.54, 1.807) is 6.20 Å². The minimum atomic E-state index is -1.11. The Kier molecular flexibility index (Phi) is 6.38. The topological polar surface area (TPSA) is 75.5 Å². The molecule has 0 spiro atoms. The van der Waals surface area contributed by atoms with Crippen molar-refractivity contribution in [2.24, 2.45) is 5.41 Å². The van der Waals surface area contributed by atoms with Crippen LogP contribution in [-0.4, -0.2) is 39.7 Å². The van der Waals surface area contributed by atoms with E-state index in [-0.39, 0.29) is 5.41 Å². The van der Waals surface area contributed by atoms with Crippen LogP contribution in [-0.2, 0) is 9.53 Å². The van der Waals surface area contributed by atoms with Gasteiger partial charge in [-0.2, -0.15) is 0 Å². The normalized spacial score (nSPS) is 17.1. The van der Waals surface area contributed by atoms with Gasteiger partial charge in [0.25, 0.3) is 0 Å². The van der Waals surface area contributed by atoms with Crippen LogP contribution in [0.25, 0.3) is 21.9 Å². The number of carboxylic acid groups (broad SMARTS) is 1. The van der Waals surface area contributed by atoms with Gasteiger partial charge in [-0.3, -0.25) is 9.97 Å². The highest BCUT2D eigenvalue weighted by Gasteiger charge is 2.35. The maximum Gasteiger partial charge on any atom is 0.337 e. The average Bonchev–Trinajstić information content (AvgIpc) is 2.76. The number of aromatic nitrogens is 2. The monoisotopic (exact) mass is 461 g/mol. The standard InChI is InChI=1S/C28H35N3O3/c1-18-23(25(26(32)33)34-27(2,3)4)24(31-13-10-28(5,6)11-14-31)22(17-30-18)20-8-7-19-9-12-29-16-21(19)15-20/h7-9,12,15-17,25H,10-11,13-14H2,1-6H3,(H,32,33). The molecule has 1 saturated heterocycles. The van der Waals surface area contributed by atoms with Gasteiger partial charge in [-0.05, 0) is 69.0 Å². The largest absolute Gasteiger partial charge is 0.479 e. The molecule has 1 unspecified atom stereocenters. The molecule has 1 aromatic carbocycles. The highest BCUT2D eigenvalue weighted by Crippen LogP contribution is 2.43. The molecule has 3 heterocycles. The molecule has 6 heteroatoms. The van der Waals surface area contributed by atoms with Crippen molar-refractivity contribution in [3.63, 3.8) is 0 Å². The molecule has 1 aliphatic heterocycles. The Hall–Kier alpha value is -2.99. The number of fused-ring (bicyclic) bond motifs is 1. The fraction of sp³-hybridized carbons (Fsp3) is 0.464. The van der Waals surface area contributed by atoms with Crippen molar-refractivity contribution in [1.29, 1.82) is 0 Å². The van der Waals surface area contributed by atoms with E-state index >= 15 is 0 Å². The fourth-order valence-electron chi connectivity index (χ4n) is 4.65. The Balaban J connectivity index is 1.94. The maximum atomic E-state index is 12.5. The van der Waals surface area contributed by atoms with Crippen molar-refractivity contribution in [2.75, 3.05) is 18.0 Å². The van der Waals surface area contributed by atoms with Gasteiger partial charge in [0.2, 0.25) is 0 Å². The van der Waals surface area contributed by atoms with Crippen LogP contribution in [0.5, 0.6) is 0 Å². The summed E-state index contributed by atoms with van der Waals surface area (Å²) in [4.78, 5) is 23.8. The first-order chi connectivity index (χ1) is 16.0. The van der Waals surface area contributed by atoms with E-state index in [2.05, 4.69) is 46.9 Å². The predicted molar refractivity (Wildman–Crippen MR) is 136 cm³/mol. The number of hydrogen-bond acceptors (Lipinski definition) is 5. The van der Waals surface area contributed by atoms with E-state index in [1.807, 2.05) is 46.2 Å². The number of ether oxygens (including phenoxy) is 1. The summed E-state index contributed by atoms with van der Waals surface area (Å²) in [5.74, 6) is -1.00. The van der Waals surface area contributed by atoms with Crippen LogP contribution in [0.1, 0.15) is 64.8 Å². The smallest absolute Gasteiger partial charge is 0.337 e. The molecule has 0 radical (unpaired) electrons. The second kappa shape index (κ2) is 8.99. The molecule has 1 aliphatic rings. The van der Waals surface area contributed by atoms with Gasteiger partial charge in [0, 0.05) is 53.9 Å². The molecule has 180 valence electrons. The van der Waals surface area contributed by atoms with Gasteiger partial charge in [-0.25, -0.2) is 4.79 Å². The van der Waals surface area contributed by atoms with Gasteiger partial charge >= 0.3 is 5.97 Å². The molecule has 34 heavy (non-hydrogen) atoms. The molecular formula is C28H35N3O3. The molecule has 3 aromatic rings. The van der Waals surface area contributed by atoms with Gasteiger partial charge in [0.05, 0.1) is 11.3 Å². The van der Waals surface area contributed by atoms with Gasteiger partial charge in [0.1, 0.15) is 0 Å². The number of rotatable bonds is 5. The van der Waals surface area contributed by atoms with Crippen molar-refractivity contribution in [2.45, 2.75) is 66.1 Å². The van der Waals surface area contributed by atoms with E-state index in [9.17, 15) is 9.90 Å². The zero-order chi connectivity index (χ0) is 24.7. The lowest BCUT2D eigenvalue weighted by Crippen LogP contribution is -2.39. The van der Waals surface area contributed by atoms with Crippen LogP contribution >= 0.6 is 0 Å². The number of hydrogen-bond donors (Lipinski definition) is 1. The van der Waals surface area contributed by atoms with Crippen LogP contribution in [0.3, 0.4) is 0 Å². The molecule has 1 atom stereocenters. The molecule has 2 aromatic heterocycles. The van der Waals surface area contributed by atoms with Crippen molar-refractivity contribution < 1.29 is 14.6 Å². The van der Waals surface area contributed by atoms with E-state index in [4.69, 9.17) is 4.74 Å². The van der Waals surface area contributed by atoms with E-state index in [1.165, 1.54) is 0 Å². The second-order valence-corrected chi connectivity index (χ2v) is 11.1. The summed E-state index contributed by atoms with van der Waals surface area (Å²) >= 11 is 0. The molecule has 1 N–H and O–H groups in total. The Morgan fingerprint density at radius 2 is 1.82 bits per heavy atom. The fourth-order valence-corrected chi connectivity index (χ4v) is 4.65. The first-order valence-corrected chi connectivity index (χ1v) is 11.9. The Bertz CT molecular complexity index is 1200. The summed E-state index contributed by atoms with van der Waals surface area (Å²) in [6.45, 7) is 13.8. The van der Waals surface area contributed by atoms with Crippen LogP contribution < -0.4 is 4.90 Å². The number of carbonyl (C=O) groups is 1. The van der Waals surface area contributed by atoms with E-state index in [0.29, 0.717) is 11.3 Å². The first-order valence-electron chi connectivity index (χ1n) is 11.9. The Morgan fingerprint density at radius 1 is 1.12 bits per heavy atom. The molecule has 0 amide bonds. The SMILES string of the molecule is Cc1ncc(-c2ccc3ccncc3c2)c(N2CCC(C)(C)CC2)c1C(OC(C)(C)C)C(=O)O. The van der Waals surface area contributed by atoms with Gasteiger partial charge in [-0.15, -0.1) is 0 Å². The number of anilines is 1. The summed E-state index contributed by atoms with van der Waals surface area (Å²) in [6.07, 6.45) is 6.48. The number of aryl methyl sites for hydroxylation is 1. The minimum Gasteiger partial charge on any atom is -0.479 e. The van der Waals surface area contributed by atoms with Crippen molar-refractivity contribution in [3.8, 4) is 11.1 Å². The summed E-state index contributed by atoms with van der Waals surface area (Å²) in [5.41, 5.74) is 3.81. The molecule has 4 rings (SSSR count). The Labute approximate surface area is 202 Å². The molecule has 0 saturated carbocycles.